The third-order valence-electron chi connectivity index (χ3n) is 4.44. The summed E-state index contributed by atoms with van der Waals surface area (Å²) in [6.07, 6.45) is 4.67. The van der Waals surface area contributed by atoms with Crippen molar-refractivity contribution in [2.24, 2.45) is 0 Å². The third kappa shape index (κ3) is 4.86. The molecule has 3 rings (SSSR count). The van der Waals surface area contributed by atoms with Gasteiger partial charge in [-0.3, -0.25) is 9.59 Å². The lowest BCUT2D eigenvalue weighted by atomic mass is 10.2. The highest BCUT2D eigenvalue weighted by molar-refractivity contribution is 7.98. The first-order valence-electron chi connectivity index (χ1n) is 9.07. The molecule has 0 bridgehead atoms. The predicted molar refractivity (Wildman–Crippen MR) is 109 cm³/mol. The van der Waals surface area contributed by atoms with Crippen molar-refractivity contribution in [3.05, 3.63) is 26.6 Å². The van der Waals surface area contributed by atoms with E-state index in [-0.39, 0.29) is 11.5 Å². The standard InChI is InChI=1S/C18H26N4O2S2/c1-22(2)9-4-8-19-15(23)7-10-25-11-14-20-17(24)16-12-5-3-6-13(12)26-18(16)21-14/h3-11H2,1-2H3,(H,19,23)(H,20,21,24). The number of amides is 1. The van der Waals surface area contributed by atoms with Crippen LogP contribution in [0.5, 0.6) is 0 Å². The Morgan fingerprint density at radius 2 is 2.23 bits per heavy atom. The summed E-state index contributed by atoms with van der Waals surface area (Å²) in [7, 11) is 4.05. The van der Waals surface area contributed by atoms with Crippen LogP contribution in [0.2, 0.25) is 0 Å². The van der Waals surface area contributed by atoms with Gasteiger partial charge in [-0.15, -0.1) is 11.3 Å². The first kappa shape index (κ1) is 19.4. The Kier molecular flexibility index (Phi) is 6.72. The van der Waals surface area contributed by atoms with Crippen molar-refractivity contribution in [2.75, 3.05) is 32.9 Å². The van der Waals surface area contributed by atoms with Crippen molar-refractivity contribution in [2.45, 2.75) is 37.9 Å². The van der Waals surface area contributed by atoms with E-state index >= 15 is 0 Å². The number of aromatic nitrogens is 2. The van der Waals surface area contributed by atoms with Gasteiger partial charge in [0.25, 0.3) is 5.56 Å². The molecule has 1 aliphatic rings. The minimum atomic E-state index is -0.0105. The third-order valence-corrected chi connectivity index (χ3v) is 6.60. The van der Waals surface area contributed by atoms with Gasteiger partial charge < -0.3 is 15.2 Å². The summed E-state index contributed by atoms with van der Waals surface area (Å²) in [4.78, 5) is 36.0. The van der Waals surface area contributed by atoms with Crippen molar-refractivity contribution in [3.8, 4) is 0 Å². The van der Waals surface area contributed by atoms with Gasteiger partial charge in [-0.2, -0.15) is 11.8 Å². The number of hydrogen-bond donors (Lipinski definition) is 2. The zero-order chi connectivity index (χ0) is 18.5. The summed E-state index contributed by atoms with van der Waals surface area (Å²) in [5.41, 5.74) is 1.20. The summed E-state index contributed by atoms with van der Waals surface area (Å²) >= 11 is 3.29. The Morgan fingerprint density at radius 1 is 1.38 bits per heavy atom. The van der Waals surface area contributed by atoms with Crippen molar-refractivity contribution < 1.29 is 4.79 Å². The van der Waals surface area contributed by atoms with Crippen LogP contribution < -0.4 is 10.9 Å². The van der Waals surface area contributed by atoms with Crippen molar-refractivity contribution in [3.63, 3.8) is 0 Å². The SMILES string of the molecule is CN(C)CCCNC(=O)CCSCc1nc2sc3c(c2c(=O)[nH]1)CCC3. The maximum Gasteiger partial charge on any atom is 0.259 e. The van der Waals surface area contributed by atoms with Gasteiger partial charge in [-0.05, 0) is 51.9 Å². The average molecular weight is 395 g/mol. The van der Waals surface area contributed by atoms with Gasteiger partial charge in [-0.1, -0.05) is 0 Å². The number of carbonyl (C=O) groups excluding carboxylic acids is 1. The fourth-order valence-corrected chi connectivity index (χ4v) is 5.25. The molecular formula is C18H26N4O2S2. The molecular weight excluding hydrogens is 368 g/mol. The Labute approximate surface area is 161 Å². The number of H-pyrrole nitrogens is 1. The minimum Gasteiger partial charge on any atom is -0.356 e. The molecule has 0 radical (unpaired) electrons. The first-order valence-corrected chi connectivity index (χ1v) is 11.0. The summed E-state index contributed by atoms with van der Waals surface area (Å²) in [6.45, 7) is 1.69. The molecule has 2 aromatic heterocycles. The maximum absolute atomic E-state index is 12.4. The lowest BCUT2D eigenvalue weighted by Crippen LogP contribution is -2.27. The number of rotatable bonds is 9. The van der Waals surface area contributed by atoms with Crippen LogP contribution in [0.15, 0.2) is 4.79 Å². The second kappa shape index (κ2) is 9.01. The number of hydrogen-bond acceptors (Lipinski definition) is 6. The largest absolute Gasteiger partial charge is 0.356 e. The number of aryl methyl sites for hydroxylation is 2. The van der Waals surface area contributed by atoms with Gasteiger partial charge >= 0.3 is 0 Å². The molecule has 0 aliphatic heterocycles. The smallest absolute Gasteiger partial charge is 0.259 e. The van der Waals surface area contributed by atoms with Crippen LogP contribution in [0.4, 0.5) is 0 Å². The van der Waals surface area contributed by atoms with Gasteiger partial charge in [-0.25, -0.2) is 4.98 Å². The number of thioether (sulfide) groups is 1. The minimum absolute atomic E-state index is 0.0105. The number of thiophene rings is 1. The summed E-state index contributed by atoms with van der Waals surface area (Å²) < 4.78 is 0. The van der Waals surface area contributed by atoms with Gasteiger partial charge in [0.15, 0.2) is 0 Å². The number of fused-ring (bicyclic) bond motifs is 3. The Balaban J connectivity index is 1.44. The summed E-state index contributed by atoms with van der Waals surface area (Å²) in [5, 5.41) is 3.74. The molecule has 2 N–H and O–H groups in total. The van der Waals surface area contributed by atoms with Crippen molar-refractivity contribution >= 4 is 39.2 Å². The number of nitrogens with zero attached hydrogens (tertiary/aromatic N) is 2. The van der Waals surface area contributed by atoms with E-state index in [1.165, 1.54) is 10.4 Å². The molecule has 8 heteroatoms. The summed E-state index contributed by atoms with van der Waals surface area (Å²) in [6, 6.07) is 0. The van der Waals surface area contributed by atoms with Crippen LogP contribution >= 0.6 is 23.1 Å². The summed E-state index contributed by atoms with van der Waals surface area (Å²) in [5.74, 6) is 2.14. The highest BCUT2D eigenvalue weighted by Gasteiger charge is 2.20. The first-order chi connectivity index (χ1) is 12.5. The molecule has 0 aromatic carbocycles. The van der Waals surface area contributed by atoms with E-state index in [9.17, 15) is 9.59 Å². The van der Waals surface area contributed by atoms with Crippen molar-refractivity contribution in [1.29, 1.82) is 0 Å². The van der Waals surface area contributed by atoms with Gasteiger partial charge in [0.1, 0.15) is 10.7 Å². The Bertz CT molecular complexity index is 828. The van der Waals surface area contributed by atoms with E-state index in [0.717, 1.165) is 54.7 Å². The molecule has 142 valence electrons. The second-order valence-corrected chi connectivity index (χ2v) is 9.05. The van der Waals surface area contributed by atoms with Crippen LogP contribution in [-0.4, -0.2) is 53.7 Å². The molecule has 6 nitrogen and oxygen atoms in total. The molecule has 0 atom stereocenters. The highest BCUT2D eigenvalue weighted by Crippen LogP contribution is 2.34. The molecule has 1 aliphatic carbocycles. The topological polar surface area (TPSA) is 78.1 Å². The van der Waals surface area contributed by atoms with Gasteiger partial charge in [0, 0.05) is 23.6 Å². The molecule has 2 aromatic rings. The number of aromatic amines is 1. The van der Waals surface area contributed by atoms with Crippen LogP contribution in [0.25, 0.3) is 10.2 Å². The second-order valence-electron chi connectivity index (χ2n) is 6.86. The molecule has 26 heavy (non-hydrogen) atoms. The van der Waals surface area contributed by atoms with Crippen LogP contribution in [0, 0.1) is 0 Å². The monoisotopic (exact) mass is 394 g/mol. The van der Waals surface area contributed by atoms with Gasteiger partial charge in [0.2, 0.25) is 5.91 Å². The molecule has 0 fully saturated rings. The lowest BCUT2D eigenvalue weighted by molar-refractivity contribution is -0.120. The molecule has 0 spiro atoms. The number of nitrogens with one attached hydrogen (secondary N) is 2. The van der Waals surface area contributed by atoms with Crippen LogP contribution in [0.3, 0.4) is 0 Å². The maximum atomic E-state index is 12.4. The zero-order valence-electron chi connectivity index (χ0n) is 15.4. The van der Waals surface area contributed by atoms with E-state index in [4.69, 9.17) is 0 Å². The van der Waals surface area contributed by atoms with E-state index in [1.807, 2.05) is 14.1 Å². The Hall–Kier alpha value is -1.38. The molecule has 1 amide bonds. The van der Waals surface area contributed by atoms with Crippen molar-refractivity contribution in [1.82, 2.24) is 20.2 Å². The molecule has 0 saturated heterocycles. The highest BCUT2D eigenvalue weighted by atomic mass is 32.2. The lowest BCUT2D eigenvalue weighted by Gasteiger charge is -2.09. The normalized spacial score (nSPS) is 13.5. The quantitative estimate of drug-likeness (QED) is 0.637. The molecule has 2 heterocycles. The van der Waals surface area contributed by atoms with Crippen LogP contribution in [-0.2, 0) is 23.4 Å². The fraction of sp³-hybridized carbons (Fsp3) is 0.611. The molecule has 0 unspecified atom stereocenters. The van der Waals surface area contributed by atoms with Crippen LogP contribution in [0.1, 0.15) is 35.5 Å². The zero-order valence-corrected chi connectivity index (χ0v) is 17.0. The van der Waals surface area contributed by atoms with E-state index < -0.39 is 0 Å². The van der Waals surface area contributed by atoms with E-state index in [0.29, 0.717) is 18.0 Å². The fourth-order valence-electron chi connectivity index (χ4n) is 3.16. The van der Waals surface area contributed by atoms with Gasteiger partial charge in [0.05, 0.1) is 11.1 Å². The number of carbonyl (C=O) groups is 1. The van der Waals surface area contributed by atoms with E-state index in [2.05, 4.69) is 20.2 Å². The van der Waals surface area contributed by atoms with E-state index in [1.54, 1.807) is 23.1 Å². The average Bonchev–Trinajstić information content (AvgIpc) is 3.16. The molecule has 0 saturated carbocycles. The Morgan fingerprint density at radius 3 is 3.04 bits per heavy atom. The predicted octanol–water partition coefficient (Wildman–Crippen LogP) is 2.16.